The fourth-order valence-electron chi connectivity index (χ4n) is 1.32. The minimum atomic E-state index is 0.628. The quantitative estimate of drug-likeness (QED) is 0.650. The zero-order chi connectivity index (χ0) is 8.85. The third kappa shape index (κ3) is 4.38. The fraction of sp³-hybridized carbons (Fsp3) is 0.889. The molecule has 0 rings (SSSR count). The van der Waals surface area contributed by atoms with Gasteiger partial charge in [0, 0.05) is 32.2 Å². The van der Waals surface area contributed by atoms with Gasteiger partial charge in [0.05, 0.1) is 0 Å². The summed E-state index contributed by atoms with van der Waals surface area (Å²) in [7, 11) is 3.60. The van der Waals surface area contributed by atoms with Gasteiger partial charge >= 0.3 is 0 Å². The van der Waals surface area contributed by atoms with Gasteiger partial charge in [0.25, 0.3) is 0 Å². The smallest absolute Gasteiger partial charge is 0.0112 e. The lowest BCUT2D eigenvalue weighted by Crippen LogP contribution is -2.40. The van der Waals surface area contributed by atoms with Crippen molar-refractivity contribution in [2.45, 2.75) is 39.8 Å². The summed E-state index contributed by atoms with van der Waals surface area (Å²) < 4.78 is 0. The molecule has 11 heavy (non-hydrogen) atoms. The zero-order valence-electron chi connectivity index (χ0n) is 8.22. The molecule has 0 saturated carbocycles. The fourth-order valence-corrected chi connectivity index (χ4v) is 1.32. The van der Waals surface area contributed by atoms with Crippen molar-refractivity contribution in [2.24, 2.45) is 0 Å². The molecule has 67 valence electrons. The monoisotopic (exact) mass is 157 g/mol. The maximum absolute atomic E-state index is 3.60. The summed E-state index contributed by atoms with van der Waals surface area (Å²) in [5.74, 6) is 0. The molecule has 0 saturated heterocycles. The summed E-state index contributed by atoms with van der Waals surface area (Å²) >= 11 is 0. The number of nitrogens with one attached hydrogen (secondary N) is 1. The van der Waals surface area contributed by atoms with E-state index in [9.17, 15) is 0 Å². The van der Waals surface area contributed by atoms with Gasteiger partial charge in [0.15, 0.2) is 0 Å². The van der Waals surface area contributed by atoms with Crippen LogP contribution < -0.4 is 5.32 Å². The van der Waals surface area contributed by atoms with Gasteiger partial charge in [-0.3, -0.25) is 4.90 Å². The Morgan fingerprint density at radius 3 is 1.91 bits per heavy atom. The normalized spacial score (nSPS) is 12.0. The van der Waals surface area contributed by atoms with Crippen molar-refractivity contribution in [3.63, 3.8) is 0 Å². The van der Waals surface area contributed by atoms with Gasteiger partial charge in [0.1, 0.15) is 0 Å². The Hall–Kier alpha value is -0.0800. The number of rotatable bonds is 5. The SMILES string of the molecule is [CH2]NCCN(C(C)C)C(C)C. The van der Waals surface area contributed by atoms with Gasteiger partial charge in [-0.05, 0) is 27.7 Å². The summed E-state index contributed by atoms with van der Waals surface area (Å²) in [6.45, 7) is 11.0. The molecule has 0 heterocycles. The highest BCUT2D eigenvalue weighted by molar-refractivity contribution is 4.67. The van der Waals surface area contributed by atoms with Crippen LogP contribution in [0, 0.1) is 7.05 Å². The summed E-state index contributed by atoms with van der Waals surface area (Å²) in [6, 6.07) is 1.26. The Morgan fingerprint density at radius 2 is 1.64 bits per heavy atom. The number of hydrogen-bond donors (Lipinski definition) is 1. The van der Waals surface area contributed by atoms with Crippen LogP contribution >= 0.6 is 0 Å². The second-order valence-corrected chi connectivity index (χ2v) is 3.43. The molecule has 0 aliphatic rings. The second-order valence-electron chi connectivity index (χ2n) is 3.43. The first kappa shape index (κ1) is 10.9. The standard InChI is InChI=1S/C9H21N2/c1-8(2)11(9(3)4)7-6-10-5/h8-10H,5-7H2,1-4H3. The Morgan fingerprint density at radius 1 is 1.18 bits per heavy atom. The van der Waals surface area contributed by atoms with E-state index in [0.717, 1.165) is 13.1 Å². The predicted molar refractivity (Wildman–Crippen MR) is 50.3 cm³/mol. The highest BCUT2D eigenvalue weighted by Gasteiger charge is 2.11. The molecule has 0 atom stereocenters. The lowest BCUT2D eigenvalue weighted by Gasteiger charge is -2.30. The first-order valence-electron chi connectivity index (χ1n) is 4.35. The molecule has 0 aromatic rings. The molecule has 0 fully saturated rings. The molecule has 0 spiro atoms. The number of nitrogens with zero attached hydrogens (tertiary/aromatic N) is 1. The van der Waals surface area contributed by atoms with E-state index in [1.807, 2.05) is 0 Å². The third-order valence-electron chi connectivity index (χ3n) is 1.87. The summed E-state index contributed by atoms with van der Waals surface area (Å²) in [6.07, 6.45) is 0. The van der Waals surface area contributed by atoms with Crippen LogP contribution in [0.1, 0.15) is 27.7 Å². The van der Waals surface area contributed by atoms with Crippen LogP contribution in [0.15, 0.2) is 0 Å². The molecule has 0 amide bonds. The molecule has 0 aromatic heterocycles. The lowest BCUT2D eigenvalue weighted by molar-refractivity contribution is 0.178. The van der Waals surface area contributed by atoms with E-state index in [1.165, 1.54) is 0 Å². The molecular formula is C9H21N2. The van der Waals surface area contributed by atoms with Crippen molar-refractivity contribution >= 4 is 0 Å². The maximum Gasteiger partial charge on any atom is 0.0112 e. The second kappa shape index (κ2) is 5.56. The van der Waals surface area contributed by atoms with Crippen LogP contribution in [0.2, 0.25) is 0 Å². The third-order valence-corrected chi connectivity index (χ3v) is 1.87. The topological polar surface area (TPSA) is 15.3 Å². The van der Waals surface area contributed by atoms with Crippen molar-refractivity contribution in [2.75, 3.05) is 13.1 Å². The van der Waals surface area contributed by atoms with Gasteiger partial charge in [-0.15, -0.1) is 0 Å². The van der Waals surface area contributed by atoms with Crippen molar-refractivity contribution in [3.8, 4) is 0 Å². The van der Waals surface area contributed by atoms with Crippen molar-refractivity contribution in [1.29, 1.82) is 0 Å². The lowest BCUT2D eigenvalue weighted by atomic mass is 10.2. The highest BCUT2D eigenvalue weighted by atomic mass is 15.2. The van der Waals surface area contributed by atoms with E-state index >= 15 is 0 Å². The van der Waals surface area contributed by atoms with E-state index in [2.05, 4.69) is 45.0 Å². The van der Waals surface area contributed by atoms with Crippen molar-refractivity contribution < 1.29 is 0 Å². The molecule has 2 nitrogen and oxygen atoms in total. The van der Waals surface area contributed by atoms with Gasteiger partial charge in [-0.2, -0.15) is 0 Å². The van der Waals surface area contributed by atoms with Crippen molar-refractivity contribution in [1.82, 2.24) is 10.2 Å². The van der Waals surface area contributed by atoms with E-state index < -0.39 is 0 Å². The van der Waals surface area contributed by atoms with Gasteiger partial charge in [-0.1, -0.05) is 0 Å². The molecule has 0 bridgehead atoms. The van der Waals surface area contributed by atoms with E-state index in [0.29, 0.717) is 12.1 Å². The molecule has 0 unspecified atom stereocenters. The Labute approximate surface area is 71.0 Å². The van der Waals surface area contributed by atoms with Crippen molar-refractivity contribution in [3.05, 3.63) is 7.05 Å². The largest absolute Gasteiger partial charge is 0.314 e. The average molecular weight is 157 g/mol. The van der Waals surface area contributed by atoms with Crippen LogP contribution in [0.25, 0.3) is 0 Å². The average Bonchev–Trinajstić information content (AvgIpc) is 1.87. The first-order chi connectivity index (χ1) is 5.09. The Kier molecular flexibility index (Phi) is 5.51. The Balaban J connectivity index is 3.70. The summed E-state index contributed by atoms with van der Waals surface area (Å²) in [5, 5.41) is 2.92. The van der Waals surface area contributed by atoms with Crippen LogP contribution in [0.5, 0.6) is 0 Å². The summed E-state index contributed by atoms with van der Waals surface area (Å²) in [5.41, 5.74) is 0. The summed E-state index contributed by atoms with van der Waals surface area (Å²) in [4.78, 5) is 2.44. The molecule has 0 aliphatic heterocycles. The van der Waals surface area contributed by atoms with Crippen LogP contribution in [-0.4, -0.2) is 30.1 Å². The minimum Gasteiger partial charge on any atom is -0.314 e. The molecule has 0 aliphatic carbocycles. The molecule has 0 aromatic carbocycles. The minimum absolute atomic E-state index is 0.628. The predicted octanol–water partition coefficient (Wildman–Crippen LogP) is 1.49. The first-order valence-corrected chi connectivity index (χ1v) is 4.35. The molecule has 2 heteroatoms. The van der Waals surface area contributed by atoms with E-state index in [1.54, 1.807) is 0 Å². The molecule has 1 N–H and O–H groups in total. The Bertz CT molecular complexity index is 81.6. The van der Waals surface area contributed by atoms with Crippen LogP contribution in [0.4, 0.5) is 0 Å². The van der Waals surface area contributed by atoms with E-state index in [-0.39, 0.29) is 0 Å². The molecular weight excluding hydrogens is 136 g/mol. The molecule has 1 radical (unpaired) electrons. The van der Waals surface area contributed by atoms with Crippen LogP contribution in [-0.2, 0) is 0 Å². The van der Waals surface area contributed by atoms with Gasteiger partial charge in [0.2, 0.25) is 0 Å². The maximum atomic E-state index is 3.60. The van der Waals surface area contributed by atoms with Gasteiger partial charge < -0.3 is 5.32 Å². The van der Waals surface area contributed by atoms with Crippen LogP contribution in [0.3, 0.4) is 0 Å². The highest BCUT2D eigenvalue weighted by Crippen LogP contribution is 2.02. The zero-order valence-corrected chi connectivity index (χ0v) is 8.22. The van der Waals surface area contributed by atoms with E-state index in [4.69, 9.17) is 0 Å². The number of hydrogen-bond acceptors (Lipinski definition) is 2. The van der Waals surface area contributed by atoms with Gasteiger partial charge in [-0.25, -0.2) is 0 Å².